The number of nitrogens with zero attached hydrogens (tertiary/aromatic N) is 4. The summed E-state index contributed by atoms with van der Waals surface area (Å²) in [7, 11) is 1.66. The van der Waals surface area contributed by atoms with Gasteiger partial charge in [0.05, 0.1) is 32.1 Å². The number of pyridine rings is 1. The predicted octanol–water partition coefficient (Wildman–Crippen LogP) is 2.04. The molecule has 7 heteroatoms. The van der Waals surface area contributed by atoms with E-state index >= 15 is 0 Å². The topological polar surface area (TPSA) is 62.5 Å². The molecule has 160 valence electrons. The highest BCUT2D eigenvalue weighted by Crippen LogP contribution is 2.18. The minimum Gasteiger partial charge on any atom is -0.496 e. The Balaban J connectivity index is 1.17. The minimum atomic E-state index is -0.496. The number of fused-ring (bicyclic) bond motifs is 1. The summed E-state index contributed by atoms with van der Waals surface area (Å²) >= 11 is 0. The van der Waals surface area contributed by atoms with Gasteiger partial charge in [-0.2, -0.15) is 0 Å². The average molecular weight is 411 g/mol. The molecule has 0 bridgehead atoms. The van der Waals surface area contributed by atoms with Gasteiger partial charge in [0.15, 0.2) is 0 Å². The molecule has 1 fully saturated rings. The van der Waals surface area contributed by atoms with Gasteiger partial charge >= 0.3 is 0 Å². The Morgan fingerprint density at radius 3 is 2.60 bits per heavy atom. The highest BCUT2D eigenvalue weighted by Gasteiger charge is 2.20. The summed E-state index contributed by atoms with van der Waals surface area (Å²) in [5.41, 5.74) is 3.08. The number of aliphatic hydroxyl groups is 1. The molecule has 4 rings (SSSR count). The maximum absolute atomic E-state index is 10.4. The number of aromatic nitrogens is 2. The Bertz CT molecular complexity index is 904. The highest BCUT2D eigenvalue weighted by atomic mass is 16.5. The standard InChI is InChI=1S/C23H30N4O3/c1-29-22-7-3-2-6-19(22)17-30-18-21(28)16-26-12-10-25(11-13-26)14-20-15-27-9-5-4-8-23(27)24-20/h2-9,15,21,28H,10-14,16-18H2,1H3/t21-/m1/s1. The van der Waals surface area contributed by atoms with Crippen LogP contribution in [0.25, 0.3) is 5.65 Å². The summed E-state index contributed by atoms with van der Waals surface area (Å²) in [5, 5.41) is 10.4. The van der Waals surface area contributed by atoms with E-state index in [1.165, 1.54) is 0 Å². The largest absolute Gasteiger partial charge is 0.496 e. The van der Waals surface area contributed by atoms with Crippen LogP contribution in [0.15, 0.2) is 54.9 Å². The quantitative estimate of drug-likeness (QED) is 0.583. The minimum absolute atomic E-state index is 0.319. The van der Waals surface area contributed by atoms with E-state index in [2.05, 4.69) is 25.4 Å². The second kappa shape index (κ2) is 10.0. The molecule has 7 nitrogen and oxygen atoms in total. The highest BCUT2D eigenvalue weighted by molar-refractivity contribution is 5.39. The third-order valence-corrected chi connectivity index (χ3v) is 5.49. The van der Waals surface area contributed by atoms with Crippen molar-refractivity contribution in [2.45, 2.75) is 19.3 Å². The monoisotopic (exact) mass is 410 g/mol. The SMILES string of the molecule is COc1ccccc1COC[C@H](O)CN1CCN(Cc2cn3ccccc3n2)CC1. The van der Waals surface area contributed by atoms with Crippen LogP contribution in [0, 0.1) is 0 Å². The normalized spacial score (nSPS) is 16.7. The molecule has 3 heterocycles. The van der Waals surface area contributed by atoms with Gasteiger partial charge in [0.2, 0.25) is 0 Å². The molecule has 0 aliphatic carbocycles. The number of rotatable bonds is 9. The van der Waals surface area contributed by atoms with Crippen molar-refractivity contribution < 1.29 is 14.6 Å². The van der Waals surface area contributed by atoms with Crippen LogP contribution in [-0.2, 0) is 17.9 Å². The summed E-state index contributed by atoms with van der Waals surface area (Å²) in [6.07, 6.45) is 3.63. The molecule has 30 heavy (non-hydrogen) atoms. The number of aliphatic hydroxyl groups excluding tert-OH is 1. The summed E-state index contributed by atoms with van der Waals surface area (Å²) in [6.45, 7) is 6.08. The van der Waals surface area contributed by atoms with Crippen molar-refractivity contribution in [1.29, 1.82) is 0 Å². The van der Waals surface area contributed by atoms with Crippen LogP contribution in [0.1, 0.15) is 11.3 Å². The molecule has 1 aromatic carbocycles. The van der Waals surface area contributed by atoms with Gasteiger partial charge in [-0.3, -0.25) is 9.80 Å². The lowest BCUT2D eigenvalue weighted by atomic mass is 10.2. The van der Waals surface area contributed by atoms with Crippen LogP contribution in [0.2, 0.25) is 0 Å². The van der Waals surface area contributed by atoms with Crippen LogP contribution in [0.4, 0.5) is 0 Å². The second-order valence-electron chi connectivity index (χ2n) is 7.76. The Kier molecular flexibility index (Phi) is 6.96. The summed E-state index contributed by atoms with van der Waals surface area (Å²) in [6, 6.07) is 13.8. The Morgan fingerprint density at radius 1 is 1.03 bits per heavy atom. The fraction of sp³-hybridized carbons (Fsp3) is 0.435. The average Bonchev–Trinajstić information content (AvgIpc) is 3.18. The number of piperazine rings is 1. The van der Waals surface area contributed by atoms with Gasteiger partial charge in [0, 0.05) is 57.2 Å². The van der Waals surface area contributed by atoms with E-state index in [-0.39, 0.29) is 0 Å². The van der Waals surface area contributed by atoms with Crippen molar-refractivity contribution in [3.8, 4) is 5.75 Å². The summed E-state index contributed by atoms with van der Waals surface area (Å²) in [5.74, 6) is 0.814. The lowest BCUT2D eigenvalue weighted by molar-refractivity contribution is 0.000418. The van der Waals surface area contributed by atoms with Crippen molar-refractivity contribution in [3.05, 3.63) is 66.1 Å². The first-order chi connectivity index (χ1) is 14.7. The predicted molar refractivity (Wildman–Crippen MR) is 116 cm³/mol. The van der Waals surface area contributed by atoms with Crippen LogP contribution >= 0.6 is 0 Å². The van der Waals surface area contributed by atoms with E-state index in [9.17, 15) is 5.11 Å². The second-order valence-corrected chi connectivity index (χ2v) is 7.76. The number of ether oxygens (including phenoxy) is 2. The maximum Gasteiger partial charge on any atom is 0.137 e. The number of para-hydroxylation sites is 1. The summed E-state index contributed by atoms with van der Waals surface area (Å²) in [4.78, 5) is 9.41. The van der Waals surface area contributed by atoms with Gasteiger partial charge in [-0.1, -0.05) is 24.3 Å². The first-order valence-electron chi connectivity index (χ1n) is 10.5. The van der Waals surface area contributed by atoms with E-state index in [4.69, 9.17) is 9.47 Å². The zero-order valence-corrected chi connectivity index (χ0v) is 17.5. The zero-order chi connectivity index (χ0) is 20.8. The number of imidazole rings is 1. The van der Waals surface area contributed by atoms with E-state index in [0.717, 1.165) is 55.4 Å². The molecule has 0 amide bonds. The Labute approximate surface area is 177 Å². The molecule has 0 spiro atoms. The van der Waals surface area contributed by atoms with E-state index in [0.29, 0.717) is 19.8 Å². The van der Waals surface area contributed by atoms with E-state index < -0.39 is 6.10 Å². The van der Waals surface area contributed by atoms with Gasteiger partial charge in [-0.25, -0.2) is 4.98 Å². The summed E-state index contributed by atoms with van der Waals surface area (Å²) < 4.78 is 13.1. The number of benzene rings is 1. The Hall–Kier alpha value is -2.45. The lowest BCUT2D eigenvalue weighted by Gasteiger charge is -2.35. The third kappa shape index (κ3) is 5.37. The molecule has 0 unspecified atom stereocenters. The number of hydrogen-bond acceptors (Lipinski definition) is 6. The Morgan fingerprint density at radius 2 is 1.80 bits per heavy atom. The first kappa shape index (κ1) is 20.8. The fourth-order valence-electron chi connectivity index (χ4n) is 3.90. The molecule has 1 aliphatic heterocycles. The molecular weight excluding hydrogens is 380 g/mol. The van der Waals surface area contributed by atoms with Crippen LogP contribution in [0.3, 0.4) is 0 Å². The fourth-order valence-corrected chi connectivity index (χ4v) is 3.90. The van der Waals surface area contributed by atoms with E-state index in [1.807, 2.05) is 48.7 Å². The van der Waals surface area contributed by atoms with Crippen molar-refractivity contribution >= 4 is 5.65 Å². The van der Waals surface area contributed by atoms with Gasteiger partial charge in [0.25, 0.3) is 0 Å². The first-order valence-corrected chi connectivity index (χ1v) is 10.5. The molecule has 0 radical (unpaired) electrons. The van der Waals surface area contributed by atoms with Gasteiger partial charge < -0.3 is 19.0 Å². The van der Waals surface area contributed by atoms with Crippen LogP contribution < -0.4 is 4.74 Å². The smallest absolute Gasteiger partial charge is 0.137 e. The van der Waals surface area contributed by atoms with Crippen molar-refractivity contribution in [2.75, 3.05) is 46.4 Å². The van der Waals surface area contributed by atoms with Gasteiger partial charge in [-0.15, -0.1) is 0 Å². The van der Waals surface area contributed by atoms with Crippen LogP contribution in [-0.4, -0.2) is 76.8 Å². The van der Waals surface area contributed by atoms with Crippen LogP contribution in [0.5, 0.6) is 5.75 Å². The molecule has 0 saturated carbocycles. The van der Waals surface area contributed by atoms with Gasteiger partial charge in [-0.05, 0) is 18.2 Å². The third-order valence-electron chi connectivity index (χ3n) is 5.49. The maximum atomic E-state index is 10.4. The molecule has 3 aromatic rings. The molecule has 1 atom stereocenters. The molecule has 1 saturated heterocycles. The zero-order valence-electron chi connectivity index (χ0n) is 17.5. The number of methoxy groups -OCH3 is 1. The van der Waals surface area contributed by atoms with Crippen molar-refractivity contribution in [3.63, 3.8) is 0 Å². The van der Waals surface area contributed by atoms with Crippen molar-refractivity contribution in [1.82, 2.24) is 19.2 Å². The van der Waals surface area contributed by atoms with Crippen molar-refractivity contribution in [2.24, 2.45) is 0 Å². The molecule has 1 N–H and O–H groups in total. The molecule has 2 aromatic heterocycles. The number of hydrogen-bond donors (Lipinski definition) is 1. The molecular formula is C23H30N4O3. The number of β-amino-alcohol motifs (C(OH)–C–C–N with tert-alkyl or cyclic N) is 1. The molecule has 1 aliphatic rings. The van der Waals surface area contributed by atoms with E-state index in [1.54, 1.807) is 7.11 Å². The lowest BCUT2D eigenvalue weighted by Crippen LogP contribution is -2.48. The van der Waals surface area contributed by atoms with Gasteiger partial charge in [0.1, 0.15) is 11.4 Å².